The Hall–Kier alpha value is -2.69. The molecule has 1 aromatic rings. The van der Waals surface area contributed by atoms with Crippen molar-refractivity contribution in [3.8, 4) is 5.75 Å². The summed E-state index contributed by atoms with van der Waals surface area (Å²) in [6, 6.07) is 6.34. The summed E-state index contributed by atoms with van der Waals surface area (Å²) in [5, 5.41) is 0. The Bertz CT molecular complexity index is 717. The van der Waals surface area contributed by atoms with Gasteiger partial charge in [-0.2, -0.15) is 0 Å². The summed E-state index contributed by atoms with van der Waals surface area (Å²) < 4.78 is 4.99. The van der Waals surface area contributed by atoms with Crippen LogP contribution in [0.4, 0.5) is 5.69 Å². The second kappa shape index (κ2) is 5.83. The lowest BCUT2D eigenvalue weighted by molar-refractivity contribution is -0.129. The van der Waals surface area contributed by atoms with Crippen LogP contribution in [0.25, 0.3) is 0 Å². The number of carbonyl (C=O) groups is 3. The molecule has 1 aliphatic heterocycles. The summed E-state index contributed by atoms with van der Waals surface area (Å²) in [6.07, 6.45) is 4.36. The maximum atomic E-state index is 12.6. The first-order chi connectivity index (χ1) is 11.0. The summed E-state index contributed by atoms with van der Waals surface area (Å²) >= 11 is 0. The zero-order chi connectivity index (χ0) is 16.6. The number of benzene rings is 1. The summed E-state index contributed by atoms with van der Waals surface area (Å²) in [6.45, 7) is 5.31. The molecule has 0 N–H and O–H groups in total. The van der Waals surface area contributed by atoms with E-state index in [1.54, 1.807) is 24.3 Å². The molecule has 0 aromatic heterocycles. The highest BCUT2D eigenvalue weighted by Gasteiger charge is 2.48. The molecule has 1 saturated heterocycles. The van der Waals surface area contributed by atoms with Crippen LogP contribution in [0, 0.1) is 11.8 Å². The van der Waals surface area contributed by atoms with Crippen LogP contribution in [0.15, 0.2) is 48.6 Å². The number of rotatable bonds is 3. The number of allylic oxidation sites excluding steroid dienone is 2. The zero-order valence-corrected chi connectivity index (χ0v) is 12.8. The van der Waals surface area contributed by atoms with Gasteiger partial charge in [-0.3, -0.25) is 14.5 Å². The minimum Gasteiger partial charge on any atom is -0.423 e. The number of fused-ring (bicyclic) bond motifs is 1. The molecule has 23 heavy (non-hydrogen) atoms. The molecule has 5 heteroatoms. The average Bonchev–Trinajstić information content (AvgIpc) is 2.79. The Morgan fingerprint density at radius 3 is 2.52 bits per heavy atom. The van der Waals surface area contributed by atoms with E-state index in [9.17, 15) is 14.4 Å². The lowest BCUT2D eigenvalue weighted by Crippen LogP contribution is -2.30. The lowest BCUT2D eigenvalue weighted by Gasteiger charge is -2.18. The molecule has 1 heterocycles. The quantitative estimate of drug-likeness (QED) is 0.283. The molecule has 2 amide bonds. The Balaban J connectivity index is 1.82. The van der Waals surface area contributed by atoms with Crippen molar-refractivity contribution in [3.63, 3.8) is 0 Å². The summed E-state index contributed by atoms with van der Waals surface area (Å²) in [5.41, 5.74) is 1.66. The van der Waals surface area contributed by atoms with E-state index in [2.05, 4.69) is 6.58 Å². The van der Waals surface area contributed by atoms with Gasteiger partial charge in [0.2, 0.25) is 11.8 Å². The molecule has 3 rings (SSSR count). The van der Waals surface area contributed by atoms with Crippen LogP contribution in [0.3, 0.4) is 0 Å². The number of amides is 2. The van der Waals surface area contributed by atoms with E-state index in [0.717, 1.165) is 11.6 Å². The third kappa shape index (κ3) is 2.70. The van der Waals surface area contributed by atoms with Crippen molar-refractivity contribution >= 4 is 23.5 Å². The largest absolute Gasteiger partial charge is 0.423 e. The fourth-order valence-corrected chi connectivity index (χ4v) is 3.11. The van der Waals surface area contributed by atoms with Crippen molar-refractivity contribution in [2.75, 3.05) is 4.90 Å². The first kappa shape index (κ1) is 15.2. The topological polar surface area (TPSA) is 63.7 Å². The predicted molar refractivity (Wildman–Crippen MR) is 84.7 cm³/mol. The van der Waals surface area contributed by atoms with Gasteiger partial charge in [-0.25, -0.2) is 4.79 Å². The third-order valence-electron chi connectivity index (χ3n) is 4.30. The average molecular weight is 311 g/mol. The smallest absolute Gasteiger partial charge is 0.335 e. The van der Waals surface area contributed by atoms with Gasteiger partial charge < -0.3 is 4.74 Å². The first-order valence-corrected chi connectivity index (χ1v) is 7.49. The molecule has 0 radical (unpaired) electrons. The van der Waals surface area contributed by atoms with E-state index in [1.165, 1.54) is 4.90 Å². The number of hydrogen-bond acceptors (Lipinski definition) is 4. The van der Waals surface area contributed by atoms with Gasteiger partial charge >= 0.3 is 5.97 Å². The predicted octanol–water partition coefficient (Wildman–Crippen LogP) is 2.62. The molecule has 1 fully saturated rings. The van der Waals surface area contributed by atoms with Crippen LogP contribution >= 0.6 is 0 Å². The third-order valence-corrected chi connectivity index (χ3v) is 4.30. The van der Waals surface area contributed by atoms with Gasteiger partial charge in [0.15, 0.2) is 0 Å². The Kier molecular flexibility index (Phi) is 3.86. The summed E-state index contributed by atoms with van der Waals surface area (Å²) in [5.74, 6) is -1.04. The van der Waals surface area contributed by atoms with Crippen molar-refractivity contribution in [1.29, 1.82) is 0 Å². The SMILES string of the molecule is C=CC(=O)Oc1ccc(N2C(=O)[C@H]3CC=C(C)C[C@H]3C2=O)cc1. The molecule has 0 unspecified atom stereocenters. The number of hydrogen-bond donors (Lipinski definition) is 0. The zero-order valence-electron chi connectivity index (χ0n) is 12.8. The van der Waals surface area contributed by atoms with Gasteiger partial charge in [-0.15, -0.1) is 0 Å². The van der Waals surface area contributed by atoms with Crippen LogP contribution in [0.5, 0.6) is 5.75 Å². The van der Waals surface area contributed by atoms with E-state index < -0.39 is 5.97 Å². The van der Waals surface area contributed by atoms with Gasteiger partial charge in [0.25, 0.3) is 0 Å². The second-order valence-corrected chi connectivity index (χ2v) is 5.83. The number of nitrogens with zero attached hydrogens (tertiary/aromatic N) is 1. The minimum atomic E-state index is -0.557. The number of imide groups is 1. The molecular formula is C18H17NO4. The summed E-state index contributed by atoms with van der Waals surface area (Å²) in [4.78, 5) is 37.5. The molecule has 0 bridgehead atoms. The number of esters is 1. The number of ether oxygens (including phenoxy) is 1. The fourth-order valence-electron chi connectivity index (χ4n) is 3.11. The first-order valence-electron chi connectivity index (χ1n) is 7.49. The fraction of sp³-hybridized carbons (Fsp3) is 0.278. The molecule has 1 aliphatic carbocycles. The van der Waals surface area contributed by atoms with Crippen molar-refractivity contribution in [1.82, 2.24) is 0 Å². The number of carbonyl (C=O) groups excluding carboxylic acids is 3. The minimum absolute atomic E-state index is 0.150. The van der Waals surface area contributed by atoms with Crippen molar-refractivity contribution in [3.05, 3.63) is 48.6 Å². The Morgan fingerprint density at radius 2 is 1.87 bits per heavy atom. The molecule has 118 valence electrons. The van der Waals surface area contributed by atoms with Gasteiger partial charge in [0, 0.05) is 6.08 Å². The molecule has 2 atom stereocenters. The molecule has 1 aromatic carbocycles. The summed E-state index contributed by atoms with van der Waals surface area (Å²) in [7, 11) is 0. The molecule has 0 saturated carbocycles. The van der Waals surface area contributed by atoms with Gasteiger partial charge in [0.1, 0.15) is 5.75 Å². The van der Waals surface area contributed by atoms with Crippen molar-refractivity contribution in [2.24, 2.45) is 11.8 Å². The van der Waals surface area contributed by atoms with E-state index in [1.807, 2.05) is 13.0 Å². The van der Waals surface area contributed by atoms with Crippen molar-refractivity contribution in [2.45, 2.75) is 19.8 Å². The van der Waals surface area contributed by atoms with Crippen LogP contribution < -0.4 is 9.64 Å². The highest BCUT2D eigenvalue weighted by atomic mass is 16.5. The van der Waals surface area contributed by atoms with Crippen LogP contribution in [-0.2, 0) is 14.4 Å². The van der Waals surface area contributed by atoms with Crippen LogP contribution in [-0.4, -0.2) is 17.8 Å². The van der Waals surface area contributed by atoms with E-state index in [4.69, 9.17) is 4.74 Å². The monoisotopic (exact) mass is 311 g/mol. The van der Waals surface area contributed by atoms with Gasteiger partial charge in [0.05, 0.1) is 17.5 Å². The van der Waals surface area contributed by atoms with E-state index >= 15 is 0 Å². The lowest BCUT2D eigenvalue weighted by atomic mass is 9.82. The van der Waals surface area contributed by atoms with Crippen LogP contribution in [0.1, 0.15) is 19.8 Å². The highest BCUT2D eigenvalue weighted by Crippen LogP contribution is 2.39. The maximum Gasteiger partial charge on any atom is 0.335 e. The second-order valence-electron chi connectivity index (χ2n) is 5.83. The van der Waals surface area contributed by atoms with Crippen LogP contribution in [0.2, 0.25) is 0 Å². The molecular weight excluding hydrogens is 294 g/mol. The molecule has 0 spiro atoms. The number of anilines is 1. The molecule has 5 nitrogen and oxygen atoms in total. The highest BCUT2D eigenvalue weighted by molar-refractivity contribution is 6.22. The maximum absolute atomic E-state index is 12.6. The Morgan fingerprint density at radius 1 is 1.22 bits per heavy atom. The van der Waals surface area contributed by atoms with Gasteiger partial charge in [-0.1, -0.05) is 18.2 Å². The Labute approximate surface area is 134 Å². The van der Waals surface area contributed by atoms with E-state index in [0.29, 0.717) is 24.3 Å². The molecule has 2 aliphatic rings. The van der Waals surface area contributed by atoms with Crippen molar-refractivity contribution < 1.29 is 19.1 Å². The standard InChI is InChI=1S/C18H17NO4/c1-3-16(20)23-13-7-5-12(6-8-13)19-17(21)14-9-4-11(2)10-15(14)18(19)22/h3-8,14-15H,1,9-10H2,2H3/t14-,15+/m0/s1. The normalized spacial score (nSPS) is 23.3. The van der Waals surface area contributed by atoms with E-state index in [-0.39, 0.29) is 23.7 Å². The van der Waals surface area contributed by atoms with Gasteiger partial charge in [-0.05, 0) is 44.0 Å².